The third kappa shape index (κ3) is 1.75. The average Bonchev–Trinajstić information content (AvgIpc) is 2.29. The molecule has 15 heavy (non-hydrogen) atoms. The minimum Gasteiger partial charge on any atom is -0.388 e. The second kappa shape index (κ2) is 4.03. The Balaban J connectivity index is 2.71. The molecular formula is C14H16O. The molecule has 0 fully saturated rings. The molecule has 2 rings (SSSR count). The number of aliphatic hydroxyl groups excluding tert-OH is 1. The van der Waals surface area contributed by atoms with E-state index in [0.717, 1.165) is 12.0 Å². The van der Waals surface area contributed by atoms with Crippen LogP contribution in [0.4, 0.5) is 0 Å². The smallest absolute Gasteiger partial charge is 0.0793 e. The van der Waals surface area contributed by atoms with Crippen molar-refractivity contribution >= 4 is 10.8 Å². The van der Waals surface area contributed by atoms with E-state index in [0.29, 0.717) is 0 Å². The molecule has 1 atom stereocenters. The second-order valence-electron chi connectivity index (χ2n) is 3.94. The number of aryl methyl sites for hydroxylation is 1. The quantitative estimate of drug-likeness (QED) is 0.785. The molecule has 0 unspecified atom stereocenters. The van der Waals surface area contributed by atoms with Gasteiger partial charge in [0.1, 0.15) is 0 Å². The lowest BCUT2D eigenvalue weighted by molar-refractivity contribution is 0.175. The van der Waals surface area contributed by atoms with Gasteiger partial charge in [-0.3, -0.25) is 0 Å². The van der Waals surface area contributed by atoms with E-state index in [9.17, 15) is 5.11 Å². The minimum absolute atomic E-state index is 0.351. The van der Waals surface area contributed by atoms with Gasteiger partial charge >= 0.3 is 0 Å². The lowest BCUT2D eigenvalue weighted by Crippen LogP contribution is -1.96. The third-order valence-corrected chi connectivity index (χ3v) is 2.92. The molecule has 0 heterocycles. The Morgan fingerprint density at radius 2 is 1.73 bits per heavy atom. The molecule has 2 aromatic rings. The van der Waals surface area contributed by atoms with E-state index in [1.54, 1.807) is 0 Å². The Hall–Kier alpha value is -1.34. The van der Waals surface area contributed by atoms with Crippen molar-refractivity contribution in [3.05, 3.63) is 47.5 Å². The molecule has 2 aromatic carbocycles. The average molecular weight is 200 g/mol. The Labute approximate surface area is 90.4 Å². The van der Waals surface area contributed by atoms with Gasteiger partial charge in [0, 0.05) is 0 Å². The summed E-state index contributed by atoms with van der Waals surface area (Å²) < 4.78 is 0. The SMILES string of the molecule is CC[C@H](O)c1ccc(C)c2ccccc12. The molecule has 0 bridgehead atoms. The summed E-state index contributed by atoms with van der Waals surface area (Å²) in [5.74, 6) is 0. The molecule has 0 aliphatic rings. The standard InChI is InChI=1S/C14H16O/c1-3-14(15)13-9-8-10(2)11-6-4-5-7-12(11)13/h4-9,14-15H,3H2,1-2H3/t14-/m0/s1. The number of fused-ring (bicyclic) bond motifs is 1. The molecule has 1 N–H and O–H groups in total. The van der Waals surface area contributed by atoms with Crippen molar-refractivity contribution in [1.82, 2.24) is 0 Å². The maximum Gasteiger partial charge on any atom is 0.0793 e. The molecule has 0 radical (unpaired) electrons. The van der Waals surface area contributed by atoms with Crippen LogP contribution in [0.3, 0.4) is 0 Å². The first kappa shape index (κ1) is 10.2. The summed E-state index contributed by atoms with van der Waals surface area (Å²) in [6.45, 7) is 4.10. The fourth-order valence-electron chi connectivity index (χ4n) is 1.98. The van der Waals surface area contributed by atoms with Crippen molar-refractivity contribution < 1.29 is 5.11 Å². The topological polar surface area (TPSA) is 20.2 Å². The number of aliphatic hydroxyl groups is 1. The van der Waals surface area contributed by atoms with Crippen LogP contribution < -0.4 is 0 Å². The van der Waals surface area contributed by atoms with Gasteiger partial charge in [0.05, 0.1) is 6.10 Å². The molecule has 0 saturated carbocycles. The largest absolute Gasteiger partial charge is 0.388 e. The van der Waals surface area contributed by atoms with Gasteiger partial charge < -0.3 is 5.11 Å². The Morgan fingerprint density at radius 1 is 1.07 bits per heavy atom. The predicted octanol–water partition coefficient (Wildman–Crippen LogP) is 3.59. The molecule has 78 valence electrons. The molecule has 0 aromatic heterocycles. The van der Waals surface area contributed by atoms with Crippen molar-refractivity contribution in [1.29, 1.82) is 0 Å². The van der Waals surface area contributed by atoms with Crippen LogP contribution in [0.1, 0.15) is 30.6 Å². The van der Waals surface area contributed by atoms with Crippen LogP contribution in [0, 0.1) is 6.92 Å². The normalized spacial score (nSPS) is 13.0. The van der Waals surface area contributed by atoms with Crippen LogP contribution in [-0.2, 0) is 0 Å². The van der Waals surface area contributed by atoms with Gasteiger partial charge in [0.25, 0.3) is 0 Å². The van der Waals surface area contributed by atoms with Gasteiger partial charge in [0.15, 0.2) is 0 Å². The van der Waals surface area contributed by atoms with Crippen molar-refractivity contribution in [3.8, 4) is 0 Å². The summed E-state index contributed by atoms with van der Waals surface area (Å²) in [6.07, 6.45) is 0.406. The highest BCUT2D eigenvalue weighted by atomic mass is 16.3. The Morgan fingerprint density at radius 3 is 2.40 bits per heavy atom. The van der Waals surface area contributed by atoms with Crippen LogP contribution in [0.15, 0.2) is 36.4 Å². The summed E-state index contributed by atoms with van der Waals surface area (Å²) in [4.78, 5) is 0. The van der Waals surface area contributed by atoms with Gasteiger partial charge in [-0.1, -0.05) is 43.3 Å². The minimum atomic E-state index is -0.351. The highest BCUT2D eigenvalue weighted by Gasteiger charge is 2.09. The van der Waals surface area contributed by atoms with E-state index in [1.807, 2.05) is 25.1 Å². The molecule has 1 nitrogen and oxygen atoms in total. The van der Waals surface area contributed by atoms with Crippen LogP contribution in [0.25, 0.3) is 10.8 Å². The molecule has 0 saturated heterocycles. The third-order valence-electron chi connectivity index (χ3n) is 2.92. The van der Waals surface area contributed by atoms with Crippen molar-refractivity contribution in [2.75, 3.05) is 0 Å². The molecule has 0 aliphatic carbocycles. The molecular weight excluding hydrogens is 184 g/mol. The first-order chi connectivity index (χ1) is 7.24. The van der Waals surface area contributed by atoms with Gasteiger partial charge in [-0.2, -0.15) is 0 Å². The predicted molar refractivity (Wildman–Crippen MR) is 63.9 cm³/mol. The zero-order chi connectivity index (χ0) is 10.8. The zero-order valence-corrected chi connectivity index (χ0v) is 9.20. The van der Waals surface area contributed by atoms with E-state index in [1.165, 1.54) is 16.3 Å². The lowest BCUT2D eigenvalue weighted by Gasteiger charge is -2.13. The summed E-state index contributed by atoms with van der Waals surface area (Å²) in [5, 5.41) is 12.3. The van der Waals surface area contributed by atoms with Crippen LogP contribution in [0.2, 0.25) is 0 Å². The zero-order valence-electron chi connectivity index (χ0n) is 9.20. The van der Waals surface area contributed by atoms with Gasteiger partial charge in [-0.25, -0.2) is 0 Å². The Bertz CT molecular complexity index is 474. The van der Waals surface area contributed by atoms with E-state index in [2.05, 4.69) is 25.1 Å². The number of hydrogen-bond donors (Lipinski definition) is 1. The second-order valence-corrected chi connectivity index (χ2v) is 3.94. The Kier molecular flexibility index (Phi) is 2.74. The van der Waals surface area contributed by atoms with Crippen LogP contribution in [0.5, 0.6) is 0 Å². The highest BCUT2D eigenvalue weighted by molar-refractivity contribution is 5.88. The lowest BCUT2D eigenvalue weighted by atomic mass is 9.96. The van der Waals surface area contributed by atoms with Gasteiger partial charge in [-0.05, 0) is 35.2 Å². The highest BCUT2D eigenvalue weighted by Crippen LogP contribution is 2.28. The van der Waals surface area contributed by atoms with Crippen molar-refractivity contribution in [2.45, 2.75) is 26.4 Å². The fraction of sp³-hybridized carbons (Fsp3) is 0.286. The van der Waals surface area contributed by atoms with Crippen molar-refractivity contribution in [3.63, 3.8) is 0 Å². The monoisotopic (exact) mass is 200 g/mol. The summed E-state index contributed by atoms with van der Waals surface area (Å²) in [7, 11) is 0. The molecule has 0 amide bonds. The van der Waals surface area contributed by atoms with Crippen LogP contribution >= 0.6 is 0 Å². The fourth-order valence-corrected chi connectivity index (χ4v) is 1.98. The summed E-state index contributed by atoms with van der Waals surface area (Å²) in [5.41, 5.74) is 2.30. The molecule has 0 spiro atoms. The van der Waals surface area contributed by atoms with Crippen molar-refractivity contribution in [2.24, 2.45) is 0 Å². The first-order valence-corrected chi connectivity index (χ1v) is 5.40. The van der Waals surface area contributed by atoms with Gasteiger partial charge in [-0.15, -0.1) is 0 Å². The maximum absolute atomic E-state index is 9.92. The summed E-state index contributed by atoms with van der Waals surface area (Å²) >= 11 is 0. The maximum atomic E-state index is 9.92. The van der Waals surface area contributed by atoms with E-state index in [4.69, 9.17) is 0 Å². The summed E-state index contributed by atoms with van der Waals surface area (Å²) in [6, 6.07) is 12.4. The molecule has 0 aliphatic heterocycles. The number of benzene rings is 2. The molecule has 1 heteroatoms. The van der Waals surface area contributed by atoms with Gasteiger partial charge in [0.2, 0.25) is 0 Å². The van der Waals surface area contributed by atoms with Crippen LogP contribution in [-0.4, -0.2) is 5.11 Å². The number of hydrogen-bond acceptors (Lipinski definition) is 1. The first-order valence-electron chi connectivity index (χ1n) is 5.40. The van der Waals surface area contributed by atoms with E-state index < -0.39 is 0 Å². The number of rotatable bonds is 2. The van der Waals surface area contributed by atoms with E-state index >= 15 is 0 Å². The van der Waals surface area contributed by atoms with E-state index in [-0.39, 0.29) is 6.10 Å².